The number of rotatable bonds is 5. The molecule has 3 rings (SSSR count). The third-order valence-electron chi connectivity index (χ3n) is 3.61. The fourth-order valence-electron chi connectivity index (χ4n) is 2.35. The molecule has 126 valence electrons. The quantitative estimate of drug-likeness (QED) is 0.619. The zero-order valence-electron chi connectivity index (χ0n) is 13.9. The Hall–Kier alpha value is -3.34. The third kappa shape index (κ3) is 3.77. The van der Waals surface area contributed by atoms with Gasteiger partial charge in [0.1, 0.15) is 11.5 Å². The van der Waals surface area contributed by atoms with Crippen LogP contribution in [0.5, 0.6) is 11.5 Å². The maximum Gasteiger partial charge on any atom is 0.363 e. The van der Waals surface area contributed by atoms with Crippen molar-refractivity contribution >= 4 is 17.9 Å². The summed E-state index contributed by atoms with van der Waals surface area (Å²) in [6.45, 7) is 0. The molecule has 5 nitrogen and oxygen atoms in total. The molecule has 0 aromatic heterocycles. The summed E-state index contributed by atoms with van der Waals surface area (Å²) in [4.78, 5) is 16.2. The highest BCUT2D eigenvalue weighted by molar-refractivity contribution is 6.11. The van der Waals surface area contributed by atoms with Gasteiger partial charge in [0.2, 0.25) is 5.90 Å². The summed E-state index contributed by atoms with van der Waals surface area (Å²) in [5.74, 6) is 1.21. The van der Waals surface area contributed by atoms with Gasteiger partial charge in [-0.05, 0) is 30.3 Å². The van der Waals surface area contributed by atoms with Crippen molar-refractivity contribution in [2.45, 2.75) is 0 Å². The molecule has 1 aliphatic rings. The molecule has 0 radical (unpaired) electrons. The van der Waals surface area contributed by atoms with Crippen LogP contribution in [0, 0.1) is 0 Å². The molecule has 0 atom stereocenters. The summed E-state index contributed by atoms with van der Waals surface area (Å²) >= 11 is 0. The van der Waals surface area contributed by atoms with E-state index >= 15 is 0 Å². The van der Waals surface area contributed by atoms with Gasteiger partial charge in [0.15, 0.2) is 5.70 Å². The molecular weight excluding hydrogens is 318 g/mol. The number of hydrogen-bond donors (Lipinski definition) is 0. The van der Waals surface area contributed by atoms with Crippen LogP contribution in [0.1, 0.15) is 11.1 Å². The Bertz CT molecular complexity index is 881. The summed E-state index contributed by atoms with van der Waals surface area (Å²) in [6.07, 6.45) is 5.20. The van der Waals surface area contributed by atoms with E-state index in [0.29, 0.717) is 11.3 Å². The van der Waals surface area contributed by atoms with Crippen molar-refractivity contribution in [2.24, 2.45) is 4.99 Å². The van der Waals surface area contributed by atoms with E-state index in [9.17, 15) is 4.79 Å². The van der Waals surface area contributed by atoms with E-state index in [1.165, 1.54) is 0 Å². The third-order valence-corrected chi connectivity index (χ3v) is 3.61. The van der Waals surface area contributed by atoms with E-state index in [0.717, 1.165) is 11.3 Å². The highest BCUT2D eigenvalue weighted by Gasteiger charge is 2.23. The van der Waals surface area contributed by atoms with Crippen molar-refractivity contribution in [1.29, 1.82) is 0 Å². The van der Waals surface area contributed by atoms with E-state index in [4.69, 9.17) is 14.2 Å². The van der Waals surface area contributed by atoms with Crippen molar-refractivity contribution in [2.75, 3.05) is 14.2 Å². The van der Waals surface area contributed by atoms with Crippen LogP contribution in [0.4, 0.5) is 0 Å². The number of carbonyl (C=O) groups excluding carboxylic acids is 1. The van der Waals surface area contributed by atoms with E-state index in [1.807, 2.05) is 48.5 Å². The SMILES string of the molecule is COc1cccc(C2=N/C(=C\C=C\c3ccccc3OC)C(=O)O2)c1. The van der Waals surface area contributed by atoms with Crippen LogP contribution >= 0.6 is 0 Å². The summed E-state index contributed by atoms with van der Waals surface area (Å²) in [6, 6.07) is 14.8. The largest absolute Gasteiger partial charge is 0.497 e. The lowest BCUT2D eigenvalue weighted by Gasteiger charge is -2.02. The number of benzene rings is 2. The Kier molecular flexibility index (Phi) is 4.95. The van der Waals surface area contributed by atoms with Gasteiger partial charge in [0.25, 0.3) is 0 Å². The molecule has 0 aliphatic carbocycles. The molecule has 0 saturated heterocycles. The average Bonchev–Trinajstić information content (AvgIpc) is 3.03. The first-order valence-corrected chi connectivity index (χ1v) is 7.68. The number of methoxy groups -OCH3 is 2. The number of allylic oxidation sites excluding steroid dienone is 2. The molecule has 0 unspecified atom stereocenters. The van der Waals surface area contributed by atoms with Gasteiger partial charge >= 0.3 is 5.97 Å². The molecule has 0 amide bonds. The maximum atomic E-state index is 12.0. The van der Waals surface area contributed by atoms with Crippen molar-refractivity contribution in [3.8, 4) is 11.5 Å². The minimum atomic E-state index is -0.484. The number of para-hydroxylation sites is 1. The van der Waals surface area contributed by atoms with Gasteiger partial charge in [-0.3, -0.25) is 0 Å². The van der Waals surface area contributed by atoms with Crippen LogP contribution in [0.2, 0.25) is 0 Å². The Balaban J connectivity index is 1.82. The summed E-state index contributed by atoms with van der Waals surface area (Å²) in [5, 5.41) is 0. The number of ether oxygens (including phenoxy) is 3. The standard InChI is InChI=1S/C20H17NO4/c1-23-16-10-5-9-15(13-16)19-21-17(20(22)25-19)11-6-8-14-7-3-4-12-18(14)24-2/h3-13H,1-2H3/b8-6+,17-11-. The lowest BCUT2D eigenvalue weighted by Crippen LogP contribution is -2.05. The summed E-state index contributed by atoms with van der Waals surface area (Å²) in [5.41, 5.74) is 1.83. The lowest BCUT2D eigenvalue weighted by molar-refractivity contribution is -0.130. The molecule has 0 fully saturated rings. The smallest absolute Gasteiger partial charge is 0.363 e. The Morgan fingerprint density at radius 1 is 1.04 bits per heavy atom. The van der Waals surface area contributed by atoms with E-state index < -0.39 is 5.97 Å². The van der Waals surface area contributed by atoms with Crippen LogP contribution in [-0.2, 0) is 9.53 Å². The fourth-order valence-corrected chi connectivity index (χ4v) is 2.35. The second-order valence-corrected chi connectivity index (χ2v) is 5.19. The lowest BCUT2D eigenvalue weighted by atomic mass is 10.2. The Morgan fingerprint density at radius 3 is 2.68 bits per heavy atom. The van der Waals surface area contributed by atoms with Gasteiger partial charge in [-0.2, -0.15) is 0 Å². The first-order valence-electron chi connectivity index (χ1n) is 7.68. The fraction of sp³-hybridized carbons (Fsp3) is 0.100. The van der Waals surface area contributed by atoms with Gasteiger partial charge in [0, 0.05) is 11.1 Å². The van der Waals surface area contributed by atoms with E-state index in [2.05, 4.69) is 4.99 Å². The normalized spacial score (nSPS) is 15.4. The van der Waals surface area contributed by atoms with Crippen molar-refractivity contribution < 1.29 is 19.0 Å². The predicted molar refractivity (Wildman–Crippen MR) is 95.7 cm³/mol. The molecule has 2 aromatic rings. The monoisotopic (exact) mass is 335 g/mol. The number of carbonyl (C=O) groups is 1. The number of hydrogen-bond acceptors (Lipinski definition) is 5. The van der Waals surface area contributed by atoms with Gasteiger partial charge in [-0.1, -0.05) is 36.4 Å². The maximum absolute atomic E-state index is 12.0. The second-order valence-electron chi connectivity index (χ2n) is 5.19. The van der Waals surface area contributed by atoms with Crippen molar-refractivity contribution in [3.63, 3.8) is 0 Å². The highest BCUT2D eigenvalue weighted by atomic mass is 16.6. The molecule has 1 heterocycles. The van der Waals surface area contributed by atoms with Gasteiger partial charge in [-0.15, -0.1) is 0 Å². The summed E-state index contributed by atoms with van der Waals surface area (Å²) < 4.78 is 15.7. The molecular formula is C20H17NO4. The van der Waals surface area contributed by atoms with Crippen LogP contribution in [0.25, 0.3) is 6.08 Å². The number of nitrogens with zero attached hydrogens (tertiary/aromatic N) is 1. The van der Waals surface area contributed by atoms with Crippen LogP contribution in [0.3, 0.4) is 0 Å². The predicted octanol–water partition coefficient (Wildman–Crippen LogP) is 3.60. The van der Waals surface area contributed by atoms with Crippen molar-refractivity contribution in [3.05, 3.63) is 77.5 Å². The molecule has 0 saturated carbocycles. The van der Waals surface area contributed by atoms with Gasteiger partial charge in [0.05, 0.1) is 14.2 Å². The molecule has 0 bridgehead atoms. The average molecular weight is 335 g/mol. The van der Waals surface area contributed by atoms with E-state index in [1.54, 1.807) is 32.4 Å². The number of esters is 1. The summed E-state index contributed by atoms with van der Waals surface area (Å²) in [7, 11) is 3.19. The highest BCUT2D eigenvalue weighted by Crippen LogP contribution is 2.21. The molecule has 1 aliphatic heterocycles. The zero-order valence-corrected chi connectivity index (χ0v) is 13.9. The number of cyclic esters (lactones) is 1. The van der Waals surface area contributed by atoms with Crippen molar-refractivity contribution in [1.82, 2.24) is 0 Å². The Morgan fingerprint density at radius 2 is 1.88 bits per heavy atom. The molecule has 0 spiro atoms. The number of aliphatic imine (C=N–C) groups is 1. The van der Waals surface area contributed by atoms with Crippen LogP contribution < -0.4 is 9.47 Å². The molecule has 25 heavy (non-hydrogen) atoms. The van der Waals surface area contributed by atoms with Crippen LogP contribution in [-0.4, -0.2) is 26.1 Å². The minimum absolute atomic E-state index is 0.240. The Labute approximate surface area is 145 Å². The molecule has 2 aromatic carbocycles. The zero-order chi connectivity index (χ0) is 17.6. The molecule has 5 heteroatoms. The second kappa shape index (κ2) is 7.49. The topological polar surface area (TPSA) is 57.1 Å². The van der Waals surface area contributed by atoms with Gasteiger partial charge in [-0.25, -0.2) is 9.79 Å². The van der Waals surface area contributed by atoms with Gasteiger partial charge < -0.3 is 14.2 Å². The van der Waals surface area contributed by atoms with E-state index in [-0.39, 0.29) is 11.6 Å². The minimum Gasteiger partial charge on any atom is -0.497 e. The first-order chi connectivity index (χ1) is 12.2. The first kappa shape index (κ1) is 16.5. The van der Waals surface area contributed by atoms with Crippen LogP contribution in [0.15, 0.2) is 71.4 Å². The molecule has 0 N–H and O–H groups in total.